The molecule has 2 aromatic carbocycles. The average molecular weight is 276 g/mol. The molecule has 0 aliphatic heterocycles. The van der Waals surface area contributed by atoms with Gasteiger partial charge in [0.25, 0.3) is 0 Å². The van der Waals surface area contributed by atoms with Crippen LogP contribution in [0, 0.1) is 0 Å². The topological polar surface area (TPSA) is 70.8 Å². The molecule has 102 valence electrons. The first-order valence-electron chi connectivity index (χ1n) is 6.50. The molecule has 0 bridgehead atoms. The SMILES string of the molecule is [N-]=[N+]=Nc1c(C=O)c2ccccc2n1Cc1ccccc1. The zero-order valence-corrected chi connectivity index (χ0v) is 11.2. The lowest BCUT2D eigenvalue weighted by Gasteiger charge is -2.08. The van der Waals surface area contributed by atoms with Crippen molar-refractivity contribution >= 4 is 23.0 Å². The minimum absolute atomic E-state index is 0.359. The number of para-hydroxylation sites is 1. The molecule has 0 aliphatic carbocycles. The van der Waals surface area contributed by atoms with Crippen molar-refractivity contribution in [2.45, 2.75) is 6.54 Å². The Bertz CT molecular complexity index is 845. The number of nitrogens with zero attached hydrogens (tertiary/aromatic N) is 4. The number of aldehydes is 1. The van der Waals surface area contributed by atoms with Gasteiger partial charge in [-0.25, -0.2) is 0 Å². The van der Waals surface area contributed by atoms with Crippen molar-refractivity contribution in [2.75, 3.05) is 0 Å². The van der Waals surface area contributed by atoms with E-state index >= 15 is 0 Å². The zero-order chi connectivity index (χ0) is 14.7. The van der Waals surface area contributed by atoms with E-state index in [0.29, 0.717) is 17.9 Å². The Labute approximate surface area is 121 Å². The highest BCUT2D eigenvalue weighted by Crippen LogP contribution is 2.32. The second-order valence-corrected chi connectivity index (χ2v) is 4.63. The quantitative estimate of drug-likeness (QED) is 0.300. The summed E-state index contributed by atoms with van der Waals surface area (Å²) in [6, 6.07) is 17.4. The van der Waals surface area contributed by atoms with Crippen molar-refractivity contribution in [3.63, 3.8) is 0 Å². The van der Waals surface area contributed by atoms with E-state index in [2.05, 4.69) is 10.0 Å². The second kappa shape index (κ2) is 5.53. The van der Waals surface area contributed by atoms with Crippen molar-refractivity contribution in [3.8, 4) is 0 Å². The maximum Gasteiger partial charge on any atom is 0.152 e. The third-order valence-electron chi connectivity index (χ3n) is 3.42. The summed E-state index contributed by atoms with van der Waals surface area (Å²) in [6.45, 7) is 0.545. The maximum absolute atomic E-state index is 11.4. The van der Waals surface area contributed by atoms with Crippen LogP contribution in [0.1, 0.15) is 15.9 Å². The number of benzene rings is 2. The van der Waals surface area contributed by atoms with Crippen LogP contribution < -0.4 is 0 Å². The molecule has 0 aliphatic rings. The molecule has 1 aromatic heterocycles. The molecule has 0 spiro atoms. The van der Waals surface area contributed by atoms with Crippen molar-refractivity contribution in [1.29, 1.82) is 0 Å². The van der Waals surface area contributed by atoms with Gasteiger partial charge in [-0.05, 0) is 22.3 Å². The van der Waals surface area contributed by atoms with Crippen LogP contribution in [0.15, 0.2) is 59.7 Å². The van der Waals surface area contributed by atoms with Crippen LogP contribution >= 0.6 is 0 Å². The third-order valence-corrected chi connectivity index (χ3v) is 3.42. The molecule has 0 saturated carbocycles. The molecule has 0 N–H and O–H groups in total. The zero-order valence-electron chi connectivity index (χ0n) is 11.2. The van der Waals surface area contributed by atoms with Crippen molar-refractivity contribution in [1.82, 2.24) is 4.57 Å². The van der Waals surface area contributed by atoms with Gasteiger partial charge in [-0.3, -0.25) is 4.79 Å². The molecule has 0 fully saturated rings. The molecule has 0 atom stereocenters. The minimum Gasteiger partial charge on any atom is -0.334 e. The largest absolute Gasteiger partial charge is 0.334 e. The molecule has 0 amide bonds. The summed E-state index contributed by atoms with van der Waals surface area (Å²) < 4.78 is 1.87. The van der Waals surface area contributed by atoms with Crippen molar-refractivity contribution in [3.05, 3.63) is 76.2 Å². The summed E-state index contributed by atoms with van der Waals surface area (Å²) in [4.78, 5) is 14.2. The number of fused-ring (bicyclic) bond motifs is 1. The summed E-state index contributed by atoms with van der Waals surface area (Å²) >= 11 is 0. The number of carbonyl (C=O) groups excluding carboxylic acids is 1. The number of azide groups is 1. The van der Waals surface area contributed by atoms with E-state index in [1.807, 2.05) is 59.2 Å². The number of hydrogen-bond donors (Lipinski definition) is 0. The van der Waals surface area contributed by atoms with Crippen LogP contribution in [0.5, 0.6) is 0 Å². The first-order valence-corrected chi connectivity index (χ1v) is 6.50. The van der Waals surface area contributed by atoms with Gasteiger partial charge in [0.1, 0.15) is 5.82 Å². The van der Waals surface area contributed by atoms with Crippen LogP contribution in [0.25, 0.3) is 21.3 Å². The van der Waals surface area contributed by atoms with Gasteiger partial charge in [-0.2, -0.15) is 0 Å². The van der Waals surface area contributed by atoms with Crippen LogP contribution in [-0.4, -0.2) is 10.9 Å². The fraction of sp³-hybridized carbons (Fsp3) is 0.0625. The van der Waals surface area contributed by atoms with Gasteiger partial charge in [0.15, 0.2) is 6.29 Å². The summed E-state index contributed by atoms with van der Waals surface area (Å²) in [5, 5.41) is 4.52. The predicted octanol–water partition coefficient (Wildman–Crippen LogP) is 4.44. The molecule has 3 aromatic rings. The molecule has 0 radical (unpaired) electrons. The normalized spacial score (nSPS) is 10.3. The molecular formula is C16H12N4O. The predicted molar refractivity (Wildman–Crippen MR) is 81.7 cm³/mol. The Kier molecular flexibility index (Phi) is 3.41. The van der Waals surface area contributed by atoms with Gasteiger partial charge < -0.3 is 4.57 Å². The summed E-state index contributed by atoms with van der Waals surface area (Å²) in [5.41, 5.74) is 11.2. The summed E-state index contributed by atoms with van der Waals surface area (Å²) in [6.07, 6.45) is 0.744. The van der Waals surface area contributed by atoms with E-state index in [1.54, 1.807) is 0 Å². The second-order valence-electron chi connectivity index (χ2n) is 4.63. The van der Waals surface area contributed by atoms with E-state index in [-0.39, 0.29) is 0 Å². The fourth-order valence-electron chi connectivity index (χ4n) is 2.51. The van der Waals surface area contributed by atoms with E-state index in [1.165, 1.54) is 0 Å². The van der Waals surface area contributed by atoms with Gasteiger partial charge in [-0.1, -0.05) is 48.5 Å². The molecule has 0 saturated heterocycles. The van der Waals surface area contributed by atoms with Gasteiger partial charge in [0, 0.05) is 27.9 Å². The number of hydrogen-bond acceptors (Lipinski definition) is 2. The molecule has 21 heavy (non-hydrogen) atoms. The van der Waals surface area contributed by atoms with Crippen LogP contribution in [0.4, 0.5) is 5.82 Å². The van der Waals surface area contributed by atoms with Crippen molar-refractivity contribution in [2.24, 2.45) is 5.11 Å². The Morgan fingerprint density at radius 3 is 2.52 bits per heavy atom. The highest BCUT2D eigenvalue weighted by atomic mass is 16.1. The average Bonchev–Trinajstić information content (AvgIpc) is 2.82. The van der Waals surface area contributed by atoms with Crippen LogP contribution in [0.2, 0.25) is 0 Å². The monoisotopic (exact) mass is 276 g/mol. The lowest BCUT2D eigenvalue weighted by atomic mass is 10.2. The van der Waals surface area contributed by atoms with Gasteiger partial charge >= 0.3 is 0 Å². The molecule has 5 nitrogen and oxygen atoms in total. The molecule has 3 rings (SSSR count). The van der Waals surface area contributed by atoms with Gasteiger partial charge in [-0.15, -0.1) is 0 Å². The number of rotatable bonds is 4. The Morgan fingerprint density at radius 1 is 1.10 bits per heavy atom. The maximum atomic E-state index is 11.4. The summed E-state index contributed by atoms with van der Waals surface area (Å²) in [5.74, 6) is 0.359. The Balaban J connectivity index is 2.27. The third kappa shape index (κ3) is 2.26. The molecule has 5 heteroatoms. The fourth-order valence-corrected chi connectivity index (χ4v) is 2.51. The van der Waals surface area contributed by atoms with Crippen molar-refractivity contribution < 1.29 is 4.79 Å². The standard InChI is InChI=1S/C16H12N4O/c17-19-18-16-14(11-21)13-8-4-5-9-15(13)20(16)10-12-6-2-1-3-7-12/h1-9,11H,10H2. The highest BCUT2D eigenvalue weighted by Gasteiger charge is 2.15. The minimum atomic E-state index is 0.359. The van der Waals surface area contributed by atoms with Crippen LogP contribution in [-0.2, 0) is 6.54 Å². The lowest BCUT2D eigenvalue weighted by molar-refractivity contribution is 0.112. The Hall–Kier alpha value is -3.04. The Morgan fingerprint density at radius 2 is 1.81 bits per heavy atom. The highest BCUT2D eigenvalue weighted by molar-refractivity contribution is 6.03. The smallest absolute Gasteiger partial charge is 0.152 e. The number of carbonyl (C=O) groups is 1. The molecular weight excluding hydrogens is 264 g/mol. The van der Waals surface area contributed by atoms with E-state index in [4.69, 9.17) is 5.53 Å². The molecule has 1 heterocycles. The van der Waals surface area contributed by atoms with Gasteiger partial charge in [0.05, 0.1) is 0 Å². The van der Waals surface area contributed by atoms with Gasteiger partial charge in [0.2, 0.25) is 0 Å². The molecule has 0 unspecified atom stereocenters. The number of aromatic nitrogens is 1. The lowest BCUT2D eigenvalue weighted by Crippen LogP contribution is -1.98. The van der Waals surface area contributed by atoms with E-state index in [9.17, 15) is 4.79 Å². The van der Waals surface area contributed by atoms with E-state index < -0.39 is 0 Å². The summed E-state index contributed by atoms with van der Waals surface area (Å²) in [7, 11) is 0. The first-order chi connectivity index (χ1) is 10.3. The van der Waals surface area contributed by atoms with E-state index in [0.717, 1.165) is 22.8 Å². The van der Waals surface area contributed by atoms with Crippen LogP contribution in [0.3, 0.4) is 0 Å². The first kappa shape index (κ1) is 13.0.